The number of nitrogens with zero attached hydrogens (tertiary/aromatic N) is 4. The smallest absolute Gasteiger partial charge is 0.319 e. The number of piperazine rings is 1. The molecule has 2 bridgehead atoms. The van der Waals surface area contributed by atoms with Crippen LogP contribution in [0.4, 0.5) is 19.6 Å². The van der Waals surface area contributed by atoms with Gasteiger partial charge in [-0.15, -0.1) is 11.3 Å². The molecule has 3 aliphatic rings. The lowest BCUT2D eigenvalue weighted by molar-refractivity contribution is 0.0647. The van der Waals surface area contributed by atoms with Crippen molar-refractivity contribution in [1.29, 1.82) is 5.26 Å². The zero-order valence-corrected chi connectivity index (χ0v) is 22.9. The predicted octanol–water partition coefficient (Wildman–Crippen LogP) is 5.40. The monoisotopic (exact) mass is 582 g/mol. The van der Waals surface area contributed by atoms with Crippen molar-refractivity contribution in [3.8, 4) is 23.2 Å². The highest BCUT2D eigenvalue weighted by Crippen LogP contribution is 2.45. The SMILES string of the molecule is N#Cc1c(N)sc2c(F)ccc(-c3c(Cl)cc4c(N5CC6CCC(C5)N6)nc(OC[C@H]5CCCO5)nc4c3F)c12. The van der Waals surface area contributed by atoms with E-state index in [-0.39, 0.29) is 61.0 Å². The summed E-state index contributed by atoms with van der Waals surface area (Å²) in [7, 11) is 0. The van der Waals surface area contributed by atoms with E-state index in [0.29, 0.717) is 43.0 Å². The van der Waals surface area contributed by atoms with Crippen LogP contribution in [0.5, 0.6) is 6.01 Å². The first-order valence-corrected chi connectivity index (χ1v) is 14.5. The molecule has 206 valence electrons. The van der Waals surface area contributed by atoms with Crippen LogP contribution in [-0.4, -0.2) is 54.5 Å². The molecule has 12 heteroatoms. The minimum atomic E-state index is -0.701. The van der Waals surface area contributed by atoms with E-state index in [2.05, 4.69) is 15.2 Å². The summed E-state index contributed by atoms with van der Waals surface area (Å²) in [5, 5.41) is 14.3. The lowest BCUT2D eigenvalue weighted by atomic mass is 9.97. The standard InChI is InChI=1S/C28H25ClF2N6O2S/c29-19-8-17-24(23(31)22(19)16-5-6-20(30)25-21(16)18(9-32)26(33)40-25)35-28(39-12-15-2-1-7-38-15)36-27(17)37-10-13-3-4-14(11-37)34-13/h5-6,8,13-15,34H,1-4,7,10-12,33H2/t13?,14?,15-/m1/s1. The van der Waals surface area contributed by atoms with Crippen LogP contribution in [0.3, 0.4) is 0 Å². The predicted molar refractivity (Wildman–Crippen MR) is 151 cm³/mol. The second kappa shape index (κ2) is 9.96. The molecule has 3 saturated heterocycles. The Labute approximate surface area is 237 Å². The maximum absolute atomic E-state index is 16.6. The number of hydrogen-bond acceptors (Lipinski definition) is 9. The zero-order chi connectivity index (χ0) is 27.5. The molecule has 5 heterocycles. The maximum Gasteiger partial charge on any atom is 0.319 e. The number of halogens is 3. The van der Waals surface area contributed by atoms with Gasteiger partial charge < -0.3 is 25.4 Å². The van der Waals surface area contributed by atoms with Crippen LogP contribution in [0.25, 0.3) is 32.1 Å². The maximum atomic E-state index is 16.6. The number of thiophene rings is 1. The van der Waals surface area contributed by atoms with Gasteiger partial charge in [0.15, 0.2) is 5.82 Å². The molecule has 4 aromatic rings. The van der Waals surface area contributed by atoms with E-state index in [9.17, 15) is 9.65 Å². The molecule has 2 aromatic carbocycles. The summed E-state index contributed by atoms with van der Waals surface area (Å²) >= 11 is 7.72. The molecule has 2 unspecified atom stereocenters. The molecule has 7 rings (SSSR count). The Morgan fingerprint density at radius 1 is 1.23 bits per heavy atom. The fraction of sp³-hybridized carbons (Fsp3) is 0.393. The van der Waals surface area contributed by atoms with E-state index in [0.717, 1.165) is 37.0 Å². The number of ether oxygens (including phenoxy) is 2. The van der Waals surface area contributed by atoms with Gasteiger partial charge in [0.1, 0.15) is 34.8 Å². The Hall–Kier alpha value is -3.30. The summed E-state index contributed by atoms with van der Waals surface area (Å²) in [6.45, 7) is 2.38. The number of nitrogens with two attached hydrogens (primary N) is 1. The van der Waals surface area contributed by atoms with E-state index >= 15 is 4.39 Å². The van der Waals surface area contributed by atoms with Crippen molar-refractivity contribution in [3.05, 3.63) is 40.4 Å². The number of nitrogen functional groups attached to an aromatic ring is 1. The molecule has 40 heavy (non-hydrogen) atoms. The van der Waals surface area contributed by atoms with Crippen molar-refractivity contribution in [3.63, 3.8) is 0 Å². The number of nitriles is 1. The third-order valence-electron chi connectivity index (χ3n) is 7.98. The topological polar surface area (TPSA) is 109 Å². The Morgan fingerprint density at radius 3 is 2.75 bits per heavy atom. The highest BCUT2D eigenvalue weighted by molar-refractivity contribution is 7.23. The van der Waals surface area contributed by atoms with Crippen LogP contribution in [0.15, 0.2) is 18.2 Å². The Bertz CT molecular complexity index is 1690. The number of benzene rings is 2. The molecule has 2 aromatic heterocycles. The summed E-state index contributed by atoms with van der Waals surface area (Å²) in [5.74, 6) is -0.690. The molecule has 0 amide bonds. The van der Waals surface area contributed by atoms with Gasteiger partial charge in [-0.05, 0) is 43.4 Å². The van der Waals surface area contributed by atoms with Gasteiger partial charge in [0.25, 0.3) is 0 Å². The Balaban J connectivity index is 1.42. The quantitative estimate of drug-likeness (QED) is 0.322. The first-order valence-electron chi connectivity index (χ1n) is 13.3. The van der Waals surface area contributed by atoms with Gasteiger partial charge in [-0.1, -0.05) is 17.7 Å². The molecule has 0 aliphatic carbocycles. The van der Waals surface area contributed by atoms with Crippen molar-refractivity contribution in [2.45, 2.75) is 43.9 Å². The van der Waals surface area contributed by atoms with Gasteiger partial charge >= 0.3 is 6.01 Å². The van der Waals surface area contributed by atoms with Gasteiger partial charge in [0.05, 0.1) is 21.4 Å². The highest BCUT2D eigenvalue weighted by atomic mass is 35.5. The summed E-state index contributed by atoms with van der Waals surface area (Å²) in [5.41, 5.74) is 6.44. The second-order valence-electron chi connectivity index (χ2n) is 10.5. The third kappa shape index (κ3) is 4.21. The van der Waals surface area contributed by atoms with Crippen molar-refractivity contribution < 1.29 is 18.3 Å². The molecular weight excluding hydrogens is 558 g/mol. The van der Waals surface area contributed by atoms with Gasteiger partial charge in [0.2, 0.25) is 0 Å². The number of anilines is 2. The minimum absolute atomic E-state index is 0.0172. The number of fused-ring (bicyclic) bond motifs is 4. The van der Waals surface area contributed by atoms with Gasteiger partial charge in [-0.25, -0.2) is 8.78 Å². The van der Waals surface area contributed by atoms with Crippen LogP contribution in [0.1, 0.15) is 31.2 Å². The van der Waals surface area contributed by atoms with E-state index in [4.69, 9.17) is 31.8 Å². The Morgan fingerprint density at radius 2 is 2.02 bits per heavy atom. The van der Waals surface area contributed by atoms with Crippen LogP contribution >= 0.6 is 22.9 Å². The first kappa shape index (κ1) is 25.7. The molecule has 0 radical (unpaired) electrons. The molecule has 8 nitrogen and oxygen atoms in total. The lowest BCUT2D eigenvalue weighted by Gasteiger charge is -2.34. The molecular formula is C28H25ClF2N6O2S. The van der Waals surface area contributed by atoms with Crippen LogP contribution in [0, 0.1) is 23.0 Å². The van der Waals surface area contributed by atoms with Crippen molar-refractivity contribution in [2.24, 2.45) is 0 Å². The third-order valence-corrected chi connectivity index (χ3v) is 9.31. The number of rotatable bonds is 5. The van der Waals surface area contributed by atoms with E-state index < -0.39 is 11.6 Å². The molecule has 3 N–H and O–H groups in total. The largest absolute Gasteiger partial charge is 0.461 e. The van der Waals surface area contributed by atoms with E-state index in [1.807, 2.05) is 6.07 Å². The van der Waals surface area contributed by atoms with E-state index in [1.54, 1.807) is 6.07 Å². The lowest BCUT2D eigenvalue weighted by Crippen LogP contribution is -2.51. The molecule has 3 fully saturated rings. The fourth-order valence-electron chi connectivity index (χ4n) is 6.13. The average Bonchev–Trinajstić information content (AvgIpc) is 3.67. The average molecular weight is 583 g/mol. The first-order chi connectivity index (χ1) is 19.4. The number of nitrogens with one attached hydrogen (secondary N) is 1. The number of aromatic nitrogens is 2. The number of hydrogen-bond donors (Lipinski definition) is 2. The van der Waals surface area contributed by atoms with Crippen molar-refractivity contribution in [2.75, 3.05) is 36.9 Å². The van der Waals surface area contributed by atoms with Gasteiger partial charge in [-0.2, -0.15) is 15.2 Å². The molecule has 3 atom stereocenters. The van der Waals surface area contributed by atoms with E-state index in [1.165, 1.54) is 12.1 Å². The molecule has 0 spiro atoms. The van der Waals surface area contributed by atoms with Crippen LogP contribution in [0.2, 0.25) is 5.02 Å². The van der Waals surface area contributed by atoms with Crippen molar-refractivity contribution in [1.82, 2.24) is 15.3 Å². The van der Waals surface area contributed by atoms with Gasteiger partial charge in [0, 0.05) is 48.1 Å². The minimum Gasteiger partial charge on any atom is -0.461 e. The summed E-state index contributed by atoms with van der Waals surface area (Å²) < 4.78 is 43.2. The molecule has 3 aliphatic heterocycles. The van der Waals surface area contributed by atoms with Crippen LogP contribution in [-0.2, 0) is 4.74 Å². The second-order valence-corrected chi connectivity index (χ2v) is 12.0. The summed E-state index contributed by atoms with van der Waals surface area (Å²) in [6, 6.07) is 7.03. The van der Waals surface area contributed by atoms with Crippen molar-refractivity contribution >= 4 is 54.7 Å². The zero-order valence-electron chi connectivity index (χ0n) is 21.3. The summed E-state index contributed by atoms with van der Waals surface area (Å²) in [4.78, 5) is 11.4. The Kier molecular flexibility index (Phi) is 6.39. The van der Waals surface area contributed by atoms with Crippen LogP contribution < -0.4 is 20.7 Å². The highest BCUT2D eigenvalue weighted by Gasteiger charge is 2.34. The summed E-state index contributed by atoms with van der Waals surface area (Å²) in [6.07, 6.45) is 3.90. The molecule has 0 saturated carbocycles. The van der Waals surface area contributed by atoms with Gasteiger partial charge in [-0.3, -0.25) is 0 Å². The normalized spacial score (nSPS) is 22.4. The fourth-order valence-corrected chi connectivity index (χ4v) is 7.38.